The van der Waals surface area contributed by atoms with E-state index in [0.29, 0.717) is 18.5 Å². The minimum Gasteiger partial charge on any atom is -0.471 e. The van der Waals surface area contributed by atoms with Crippen molar-refractivity contribution in [2.75, 3.05) is 6.54 Å². The highest BCUT2D eigenvalue weighted by Gasteiger charge is 2.21. The Bertz CT molecular complexity index is 594. The Morgan fingerprint density at radius 1 is 1.30 bits per heavy atom. The van der Waals surface area contributed by atoms with Gasteiger partial charge < -0.3 is 10.1 Å². The summed E-state index contributed by atoms with van der Waals surface area (Å²) >= 11 is 1.20. The van der Waals surface area contributed by atoms with Crippen LogP contribution in [0.2, 0.25) is 0 Å². The zero-order valence-electron chi connectivity index (χ0n) is 11.4. The molecule has 0 bridgehead atoms. The first-order valence-electron chi connectivity index (χ1n) is 6.77. The monoisotopic (exact) mass is 287 g/mol. The van der Waals surface area contributed by atoms with Gasteiger partial charge in [0.1, 0.15) is 12.3 Å². The van der Waals surface area contributed by atoms with Crippen LogP contribution in [0.4, 0.5) is 0 Å². The maximum Gasteiger partial charge on any atom is 0.254 e. The fraction of sp³-hybridized carbons (Fsp3) is 0.333. The number of ether oxygens (including phenoxy) is 1. The van der Waals surface area contributed by atoms with Crippen LogP contribution in [-0.4, -0.2) is 21.3 Å². The summed E-state index contributed by atoms with van der Waals surface area (Å²) in [5.74, 6) is 0.639. The predicted molar refractivity (Wildman–Crippen MR) is 80.7 cm³/mol. The summed E-state index contributed by atoms with van der Waals surface area (Å²) in [6.07, 6.45) is 3.25. The molecule has 1 N–H and O–H groups in total. The number of rotatable bonds is 4. The largest absolute Gasteiger partial charge is 0.471 e. The molecular weight excluding hydrogens is 270 g/mol. The molecule has 5 heteroatoms. The highest BCUT2D eigenvalue weighted by molar-refractivity contribution is 6.99. The Labute approximate surface area is 122 Å². The topological polar surface area (TPSA) is 47.0 Å². The normalized spacial score (nSPS) is 18.6. The lowest BCUT2D eigenvalue weighted by molar-refractivity contribution is 0.295. The summed E-state index contributed by atoms with van der Waals surface area (Å²) in [5, 5.41) is 3.43. The van der Waals surface area contributed by atoms with Crippen LogP contribution < -0.4 is 10.1 Å². The first-order valence-corrected chi connectivity index (χ1v) is 7.50. The molecule has 2 heterocycles. The molecule has 3 rings (SSSR count). The summed E-state index contributed by atoms with van der Waals surface area (Å²) in [4.78, 5) is 0. The lowest BCUT2D eigenvalue weighted by Gasteiger charge is -2.21. The van der Waals surface area contributed by atoms with Crippen LogP contribution in [0, 0.1) is 0 Å². The van der Waals surface area contributed by atoms with Gasteiger partial charge in [0, 0.05) is 6.04 Å². The summed E-state index contributed by atoms with van der Waals surface area (Å²) in [5.41, 5.74) is 3.20. The molecule has 1 aliphatic rings. The lowest BCUT2D eigenvalue weighted by Crippen LogP contribution is -2.31. The highest BCUT2D eigenvalue weighted by atomic mass is 32.1. The molecule has 4 nitrogen and oxygen atoms in total. The molecule has 0 aliphatic carbocycles. The Morgan fingerprint density at radius 3 is 2.95 bits per heavy atom. The molecule has 0 amide bonds. The standard InChI is InChI=1S/C15H17N3OS/c1-11-13(8-5-9-16-11)14-15(18-20-17-14)19-10-12-6-3-2-4-7-12/h2-4,6-8,11,16H,5,9-10H2,1H3. The third kappa shape index (κ3) is 2.89. The number of nitrogens with zero attached hydrogens (tertiary/aromatic N) is 2. The second-order valence-corrected chi connectivity index (χ2v) is 5.34. The number of aromatic nitrogens is 2. The van der Waals surface area contributed by atoms with Crippen molar-refractivity contribution in [3.8, 4) is 5.88 Å². The number of benzene rings is 1. The van der Waals surface area contributed by atoms with Crippen molar-refractivity contribution in [1.29, 1.82) is 0 Å². The zero-order chi connectivity index (χ0) is 13.8. The van der Waals surface area contributed by atoms with Crippen LogP contribution in [-0.2, 0) is 6.61 Å². The zero-order valence-corrected chi connectivity index (χ0v) is 12.2. The second kappa shape index (κ2) is 6.15. The van der Waals surface area contributed by atoms with E-state index >= 15 is 0 Å². The van der Waals surface area contributed by atoms with Gasteiger partial charge >= 0.3 is 0 Å². The van der Waals surface area contributed by atoms with Crippen LogP contribution in [0.15, 0.2) is 36.4 Å². The average Bonchev–Trinajstić information content (AvgIpc) is 2.95. The van der Waals surface area contributed by atoms with Gasteiger partial charge in [-0.1, -0.05) is 36.4 Å². The molecule has 0 spiro atoms. The Kier molecular flexibility index (Phi) is 4.08. The van der Waals surface area contributed by atoms with Crippen molar-refractivity contribution in [1.82, 2.24) is 14.1 Å². The first kappa shape index (κ1) is 13.3. The molecule has 1 aliphatic heterocycles. The fourth-order valence-corrected chi connectivity index (χ4v) is 2.81. The Balaban J connectivity index is 1.75. The van der Waals surface area contributed by atoms with Gasteiger partial charge in [0.15, 0.2) is 0 Å². The van der Waals surface area contributed by atoms with Crippen LogP contribution in [0.25, 0.3) is 5.57 Å². The fourth-order valence-electron chi connectivity index (χ4n) is 2.29. The van der Waals surface area contributed by atoms with E-state index in [-0.39, 0.29) is 0 Å². The molecule has 2 aromatic rings. The second-order valence-electron chi connectivity index (χ2n) is 4.82. The molecule has 0 fully saturated rings. The van der Waals surface area contributed by atoms with Gasteiger partial charge in [0.05, 0.1) is 11.7 Å². The van der Waals surface area contributed by atoms with E-state index in [0.717, 1.165) is 24.2 Å². The molecule has 1 aromatic heterocycles. The highest BCUT2D eigenvalue weighted by Crippen LogP contribution is 2.28. The van der Waals surface area contributed by atoms with Gasteiger partial charge in [-0.3, -0.25) is 0 Å². The molecule has 20 heavy (non-hydrogen) atoms. The third-order valence-corrected chi connectivity index (χ3v) is 3.89. The first-order chi connectivity index (χ1) is 9.84. The van der Waals surface area contributed by atoms with E-state index in [2.05, 4.69) is 27.1 Å². The van der Waals surface area contributed by atoms with Crippen molar-refractivity contribution >= 4 is 17.3 Å². The quantitative estimate of drug-likeness (QED) is 0.939. The number of nitrogens with one attached hydrogen (secondary N) is 1. The molecule has 104 valence electrons. The van der Waals surface area contributed by atoms with Gasteiger partial charge in [-0.15, -0.1) is 4.37 Å². The van der Waals surface area contributed by atoms with Crippen molar-refractivity contribution < 1.29 is 4.74 Å². The third-order valence-electron chi connectivity index (χ3n) is 3.38. The summed E-state index contributed by atoms with van der Waals surface area (Å²) in [6.45, 7) is 3.68. The predicted octanol–water partition coefficient (Wildman–Crippen LogP) is 2.88. The molecule has 1 aromatic carbocycles. The van der Waals surface area contributed by atoms with Crippen LogP contribution in [0.3, 0.4) is 0 Å². The Morgan fingerprint density at radius 2 is 2.15 bits per heavy atom. The van der Waals surface area contributed by atoms with E-state index in [1.165, 1.54) is 17.3 Å². The van der Waals surface area contributed by atoms with E-state index < -0.39 is 0 Å². The van der Waals surface area contributed by atoms with Gasteiger partial charge in [0.2, 0.25) is 0 Å². The van der Waals surface area contributed by atoms with E-state index in [1.807, 2.05) is 30.3 Å². The van der Waals surface area contributed by atoms with Crippen LogP contribution in [0.1, 0.15) is 24.6 Å². The maximum absolute atomic E-state index is 5.83. The smallest absolute Gasteiger partial charge is 0.254 e. The number of hydrogen-bond donors (Lipinski definition) is 1. The molecule has 1 unspecified atom stereocenters. The summed E-state index contributed by atoms with van der Waals surface area (Å²) in [6, 6.07) is 10.4. The Hall–Kier alpha value is -1.72. The van der Waals surface area contributed by atoms with Gasteiger partial charge in [-0.2, -0.15) is 4.37 Å². The molecule has 0 radical (unpaired) electrons. The lowest BCUT2D eigenvalue weighted by atomic mass is 10.0. The van der Waals surface area contributed by atoms with E-state index in [9.17, 15) is 0 Å². The van der Waals surface area contributed by atoms with Gasteiger partial charge in [0.25, 0.3) is 5.88 Å². The summed E-state index contributed by atoms with van der Waals surface area (Å²) in [7, 11) is 0. The van der Waals surface area contributed by atoms with Gasteiger partial charge in [-0.25, -0.2) is 0 Å². The summed E-state index contributed by atoms with van der Waals surface area (Å²) < 4.78 is 14.5. The minimum atomic E-state index is 0.298. The average molecular weight is 287 g/mol. The van der Waals surface area contributed by atoms with Crippen molar-refractivity contribution in [3.63, 3.8) is 0 Å². The molecule has 1 atom stereocenters. The molecule has 0 saturated heterocycles. The van der Waals surface area contributed by atoms with Gasteiger partial charge in [-0.05, 0) is 31.0 Å². The van der Waals surface area contributed by atoms with Crippen LogP contribution >= 0.6 is 11.7 Å². The van der Waals surface area contributed by atoms with E-state index in [1.54, 1.807) is 0 Å². The number of hydrogen-bond acceptors (Lipinski definition) is 5. The molecular formula is C15H17N3OS. The van der Waals surface area contributed by atoms with Crippen molar-refractivity contribution in [2.45, 2.75) is 26.0 Å². The SMILES string of the molecule is CC1NCCC=C1c1nsnc1OCc1ccccc1. The van der Waals surface area contributed by atoms with Crippen molar-refractivity contribution in [3.05, 3.63) is 47.7 Å². The minimum absolute atomic E-state index is 0.298. The maximum atomic E-state index is 5.83. The molecule has 0 saturated carbocycles. The van der Waals surface area contributed by atoms with E-state index in [4.69, 9.17) is 4.74 Å². The van der Waals surface area contributed by atoms with Crippen molar-refractivity contribution in [2.24, 2.45) is 0 Å². The van der Waals surface area contributed by atoms with Crippen LogP contribution in [0.5, 0.6) is 5.88 Å².